The van der Waals surface area contributed by atoms with Gasteiger partial charge in [-0.2, -0.15) is 21.0 Å². The number of aryl methyl sites for hydroxylation is 2. The lowest BCUT2D eigenvalue weighted by atomic mass is 9.83. The molecule has 0 bridgehead atoms. The first-order valence-corrected chi connectivity index (χ1v) is 9.31. The van der Waals surface area contributed by atoms with E-state index in [0.717, 1.165) is 35.6 Å². The molecule has 4 heteroatoms. The zero-order valence-electron chi connectivity index (χ0n) is 16.1. The van der Waals surface area contributed by atoms with Crippen LogP contribution in [0.15, 0.2) is 18.2 Å². The van der Waals surface area contributed by atoms with E-state index in [-0.39, 0.29) is 22.3 Å². The van der Waals surface area contributed by atoms with E-state index in [9.17, 15) is 21.0 Å². The third-order valence-electron chi connectivity index (χ3n) is 5.43. The van der Waals surface area contributed by atoms with Crippen molar-refractivity contribution in [2.75, 3.05) is 0 Å². The Morgan fingerprint density at radius 3 is 1.71 bits per heavy atom. The lowest BCUT2D eigenvalue weighted by Gasteiger charge is -2.19. The minimum Gasteiger partial charge on any atom is -0.192 e. The van der Waals surface area contributed by atoms with Crippen LogP contribution < -0.4 is 0 Å². The second-order valence-corrected chi connectivity index (χ2v) is 6.59. The largest absolute Gasteiger partial charge is 0.192 e. The lowest BCUT2D eigenvalue weighted by molar-refractivity contribution is 0.994. The smallest absolute Gasteiger partial charge is 0.102 e. The fourth-order valence-electron chi connectivity index (χ4n) is 4.26. The first-order chi connectivity index (χ1) is 13.6. The van der Waals surface area contributed by atoms with Crippen molar-refractivity contribution in [3.05, 3.63) is 57.1 Å². The van der Waals surface area contributed by atoms with Crippen LogP contribution in [0.5, 0.6) is 0 Å². The molecule has 0 N–H and O–H groups in total. The van der Waals surface area contributed by atoms with Crippen molar-refractivity contribution in [1.29, 1.82) is 21.0 Å². The molecule has 0 spiro atoms. The molecule has 4 nitrogen and oxygen atoms in total. The van der Waals surface area contributed by atoms with Crippen LogP contribution in [-0.2, 0) is 19.3 Å². The molecule has 0 saturated heterocycles. The second kappa shape index (κ2) is 7.40. The topological polar surface area (TPSA) is 95.2 Å². The summed E-state index contributed by atoms with van der Waals surface area (Å²) in [6.07, 6.45) is 2.56. The predicted octanol–water partition coefficient (Wildman–Crippen LogP) is 5.17. The van der Waals surface area contributed by atoms with E-state index in [1.807, 2.05) is 18.2 Å². The van der Waals surface area contributed by atoms with Crippen LogP contribution in [0, 0.1) is 45.3 Å². The first-order valence-electron chi connectivity index (χ1n) is 9.31. The van der Waals surface area contributed by atoms with Crippen molar-refractivity contribution in [3.63, 3.8) is 0 Å². The predicted molar refractivity (Wildman–Crippen MR) is 108 cm³/mol. The van der Waals surface area contributed by atoms with E-state index < -0.39 is 0 Å². The molecule has 0 aromatic heterocycles. The van der Waals surface area contributed by atoms with Crippen molar-refractivity contribution in [3.8, 4) is 24.3 Å². The normalized spacial score (nSPS) is 10.2. The molecular weight excluding hydrogens is 344 g/mol. The average molecular weight is 362 g/mol. The molecule has 0 saturated carbocycles. The molecule has 0 heterocycles. The highest BCUT2D eigenvalue weighted by atomic mass is 14.3. The molecule has 0 radical (unpaired) electrons. The Morgan fingerprint density at radius 2 is 1.21 bits per heavy atom. The quantitative estimate of drug-likeness (QED) is 0.601. The van der Waals surface area contributed by atoms with Gasteiger partial charge in [0, 0.05) is 10.8 Å². The van der Waals surface area contributed by atoms with E-state index >= 15 is 0 Å². The van der Waals surface area contributed by atoms with Gasteiger partial charge in [-0.25, -0.2) is 0 Å². The lowest BCUT2D eigenvalue weighted by Crippen LogP contribution is -2.03. The van der Waals surface area contributed by atoms with Gasteiger partial charge < -0.3 is 0 Å². The molecule has 0 atom stereocenters. The summed E-state index contributed by atoms with van der Waals surface area (Å²) in [7, 11) is 0. The van der Waals surface area contributed by atoms with Crippen molar-refractivity contribution >= 4 is 21.5 Å². The van der Waals surface area contributed by atoms with Gasteiger partial charge in [0.2, 0.25) is 0 Å². The number of nitriles is 4. The van der Waals surface area contributed by atoms with Crippen LogP contribution in [0.25, 0.3) is 21.5 Å². The maximum atomic E-state index is 9.89. The molecule has 0 aliphatic rings. The number of fused-ring (bicyclic) bond motifs is 3. The van der Waals surface area contributed by atoms with Crippen LogP contribution in [-0.4, -0.2) is 0 Å². The van der Waals surface area contributed by atoms with Gasteiger partial charge in [-0.15, -0.1) is 0 Å². The highest BCUT2D eigenvalue weighted by Gasteiger charge is 2.23. The number of benzene rings is 3. The Morgan fingerprint density at radius 1 is 0.643 bits per heavy atom. The summed E-state index contributed by atoms with van der Waals surface area (Å²) in [5, 5.41) is 41.9. The maximum absolute atomic E-state index is 9.89. The fraction of sp³-hybridized carbons (Fsp3) is 0.250. The zero-order chi connectivity index (χ0) is 20.4. The summed E-state index contributed by atoms with van der Waals surface area (Å²) in [5.41, 5.74) is 3.99. The highest BCUT2D eigenvalue weighted by Crippen LogP contribution is 2.38. The summed E-state index contributed by atoms with van der Waals surface area (Å²) in [6.45, 7) is 6.33. The molecule has 0 aliphatic carbocycles. The van der Waals surface area contributed by atoms with Crippen molar-refractivity contribution in [1.82, 2.24) is 0 Å². The van der Waals surface area contributed by atoms with Crippen LogP contribution in [0.1, 0.15) is 59.7 Å². The molecule has 0 fully saturated rings. The van der Waals surface area contributed by atoms with Crippen LogP contribution in [0.2, 0.25) is 0 Å². The van der Waals surface area contributed by atoms with Gasteiger partial charge in [0.05, 0.1) is 22.3 Å². The van der Waals surface area contributed by atoms with Crippen LogP contribution in [0.3, 0.4) is 0 Å². The third kappa shape index (κ3) is 2.48. The number of hydrogen-bond donors (Lipinski definition) is 0. The Balaban J connectivity index is 2.79. The van der Waals surface area contributed by atoms with E-state index in [0.29, 0.717) is 10.8 Å². The maximum Gasteiger partial charge on any atom is 0.102 e. The minimum atomic E-state index is -0.0210. The Bertz CT molecular complexity index is 1300. The molecule has 134 valence electrons. The Kier molecular flexibility index (Phi) is 5.00. The van der Waals surface area contributed by atoms with E-state index in [1.165, 1.54) is 11.1 Å². The van der Waals surface area contributed by atoms with Gasteiger partial charge in [0.25, 0.3) is 0 Å². The Hall–Kier alpha value is -3.86. The summed E-state index contributed by atoms with van der Waals surface area (Å²) in [5.74, 6) is 0. The van der Waals surface area contributed by atoms with Gasteiger partial charge in [-0.3, -0.25) is 0 Å². The van der Waals surface area contributed by atoms with Gasteiger partial charge in [0.1, 0.15) is 24.3 Å². The van der Waals surface area contributed by atoms with Crippen molar-refractivity contribution in [2.24, 2.45) is 0 Å². The van der Waals surface area contributed by atoms with Gasteiger partial charge in [-0.1, -0.05) is 39.0 Å². The highest BCUT2D eigenvalue weighted by molar-refractivity contribution is 6.15. The van der Waals surface area contributed by atoms with Crippen LogP contribution in [0.4, 0.5) is 0 Å². The number of rotatable bonds is 3. The summed E-state index contributed by atoms with van der Waals surface area (Å²) < 4.78 is 0. The summed E-state index contributed by atoms with van der Waals surface area (Å²) in [6, 6.07) is 14.1. The molecule has 0 aliphatic heterocycles. The second-order valence-electron chi connectivity index (χ2n) is 6.59. The molecular formula is C24H18N4. The zero-order valence-corrected chi connectivity index (χ0v) is 16.1. The molecule has 28 heavy (non-hydrogen) atoms. The monoisotopic (exact) mass is 362 g/mol. The van der Waals surface area contributed by atoms with Gasteiger partial charge in [0.15, 0.2) is 0 Å². The van der Waals surface area contributed by atoms with Crippen molar-refractivity contribution < 1.29 is 0 Å². The number of nitrogens with zero attached hydrogens (tertiary/aromatic N) is 4. The first kappa shape index (κ1) is 18.9. The number of hydrogen-bond acceptors (Lipinski definition) is 4. The fourth-order valence-corrected chi connectivity index (χ4v) is 4.26. The molecule has 0 unspecified atom stereocenters. The third-order valence-corrected chi connectivity index (χ3v) is 5.43. The van der Waals surface area contributed by atoms with E-state index in [1.54, 1.807) is 6.07 Å². The summed E-state index contributed by atoms with van der Waals surface area (Å²) >= 11 is 0. The standard InChI is InChI=1S/C24H18N4/c1-4-14-9-15-7-8-18-19(10-25)20(11-26)21(12-27)22(13-28)24(18)23(15)17(6-3)16(14)5-2/h7-9H,4-6H2,1-3H3. The molecule has 3 rings (SSSR count). The van der Waals surface area contributed by atoms with Gasteiger partial charge in [-0.05, 0) is 46.7 Å². The van der Waals surface area contributed by atoms with E-state index in [2.05, 4.69) is 39.0 Å². The van der Waals surface area contributed by atoms with Crippen LogP contribution >= 0.6 is 0 Å². The van der Waals surface area contributed by atoms with Crippen molar-refractivity contribution in [2.45, 2.75) is 40.0 Å². The molecule has 0 amide bonds. The van der Waals surface area contributed by atoms with E-state index in [4.69, 9.17) is 0 Å². The SMILES string of the molecule is CCc1cc2ccc3c(C#N)c(C#N)c(C#N)c(C#N)c3c2c(CC)c1CC. The molecule has 3 aromatic carbocycles. The average Bonchev–Trinajstić information content (AvgIpc) is 2.74. The minimum absolute atomic E-state index is 0.0128. The van der Waals surface area contributed by atoms with Gasteiger partial charge >= 0.3 is 0 Å². The summed E-state index contributed by atoms with van der Waals surface area (Å²) in [4.78, 5) is 0. The Labute approximate surface area is 164 Å². The molecule has 3 aromatic rings.